The first-order valence-corrected chi connectivity index (χ1v) is 11.8. The predicted octanol–water partition coefficient (Wildman–Crippen LogP) is 1.87. The van der Waals surface area contributed by atoms with Gasteiger partial charge in [-0.3, -0.25) is 9.59 Å². The Morgan fingerprint density at radius 3 is 2.58 bits per heavy atom. The normalized spacial score (nSPS) is 16.4. The number of sulfonamides is 1. The minimum atomic E-state index is -3.81. The summed E-state index contributed by atoms with van der Waals surface area (Å²) in [7, 11) is -3.81. The fourth-order valence-corrected chi connectivity index (χ4v) is 4.25. The predicted molar refractivity (Wildman–Crippen MR) is 121 cm³/mol. The number of hydrogen-bond acceptors (Lipinski definition) is 6. The number of rotatable bonds is 5. The Balaban J connectivity index is 1.49. The quantitative estimate of drug-likeness (QED) is 0.585. The maximum absolute atomic E-state index is 13.6. The number of amides is 1. The van der Waals surface area contributed by atoms with Gasteiger partial charge in [-0.05, 0) is 61.4 Å². The zero-order chi connectivity index (χ0) is 23.6. The number of carbonyl (C=O) groups excluding carboxylic acids is 1. The molecule has 1 amide bonds. The van der Waals surface area contributed by atoms with Gasteiger partial charge in [0.1, 0.15) is 11.6 Å². The highest BCUT2D eigenvalue weighted by Crippen LogP contribution is 2.23. The number of nitrogens with zero attached hydrogens (tertiary/aromatic N) is 3. The van der Waals surface area contributed by atoms with Gasteiger partial charge < -0.3 is 10.2 Å². The number of piperidine rings is 1. The van der Waals surface area contributed by atoms with E-state index in [2.05, 4.69) is 10.4 Å². The molecule has 1 aliphatic heterocycles. The van der Waals surface area contributed by atoms with E-state index in [1.807, 2.05) is 4.90 Å². The molecule has 3 aromatic rings. The van der Waals surface area contributed by atoms with Crippen molar-refractivity contribution in [2.24, 2.45) is 11.1 Å². The molecule has 1 aliphatic rings. The highest BCUT2D eigenvalue weighted by Gasteiger charge is 2.27. The van der Waals surface area contributed by atoms with Gasteiger partial charge in [-0.1, -0.05) is 6.07 Å². The summed E-state index contributed by atoms with van der Waals surface area (Å²) in [5, 5.41) is 12.3. The summed E-state index contributed by atoms with van der Waals surface area (Å²) in [6.07, 6.45) is 1.41. The molecule has 9 nitrogen and oxygen atoms in total. The Hall–Kier alpha value is -3.57. The van der Waals surface area contributed by atoms with Crippen LogP contribution in [-0.2, 0) is 14.8 Å². The van der Waals surface area contributed by atoms with Crippen LogP contribution in [0.25, 0.3) is 5.69 Å². The number of anilines is 2. The van der Waals surface area contributed by atoms with E-state index in [0.29, 0.717) is 36.7 Å². The second-order valence-electron chi connectivity index (χ2n) is 7.77. The number of hydrogen-bond donors (Lipinski definition) is 2. The standard InChI is InChI=1S/C22H22FN5O4S/c23-16-4-1-5-18(13-16)28-21(29)11-10-20(26-28)27-12-2-3-15(14-27)22(30)25-17-6-8-19(9-7-17)33(24,31)32/h1,4-11,13,15H,2-3,12,14H2,(H,25,30)(H2,24,31,32). The monoisotopic (exact) mass is 471 g/mol. The summed E-state index contributed by atoms with van der Waals surface area (Å²) >= 11 is 0. The lowest BCUT2D eigenvalue weighted by molar-refractivity contribution is -0.120. The fraction of sp³-hybridized carbons (Fsp3) is 0.227. The van der Waals surface area contributed by atoms with Crippen LogP contribution in [-0.4, -0.2) is 37.2 Å². The van der Waals surface area contributed by atoms with Crippen molar-refractivity contribution in [2.75, 3.05) is 23.3 Å². The molecule has 1 atom stereocenters. The molecule has 0 spiro atoms. The number of nitrogens with one attached hydrogen (secondary N) is 1. The summed E-state index contributed by atoms with van der Waals surface area (Å²) in [6.45, 7) is 1.04. The zero-order valence-electron chi connectivity index (χ0n) is 17.5. The molecule has 1 saturated heterocycles. The van der Waals surface area contributed by atoms with Crippen molar-refractivity contribution in [3.8, 4) is 5.69 Å². The van der Waals surface area contributed by atoms with Crippen molar-refractivity contribution >= 4 is 27.4 Å². The van der Waals surface area contributed by atoms with Crippen LogP contribution in [0.15, 0.2) is 70.4 Å². The Kier molecular flexibility index (Phi) is 6.25. The Labute approximate surface area is 189 Å². The van der Waals surface area contributed by atoms with Gasteiger partial charge in [-0.2, -0.15) is 4.68 Å². The first-order chi connectivity index (χ1) is 15.7. The first kappa shape index (κ1) is 22.6. The zero-order valence-corrected chi connectivity index (χ0v) is 18.3. The molecule has 1 unspecified atom stereocenters. The van der Waals surface area contributed by atoms with Crippen molar-refractivity contribution in [3.63, 3.8) is 0 Å². The molecule has 0 radical (unpaired) electrons. The minimum Gasteiger partial charge on any atom is -0.354 e. The molecule has 172 valence electrons. The molecule has 0 aliphatic carbocycles. The molecule has 1 fully saturated rings. The molecule has 3 N–H and O–H groups in total. The van der Waals surface area contributed by atoms with Crippen molar-refractivity contribution in [1.29, 1.82) is 0 Å². The summed E-state index contributed by atoms with van der Waals surface area (Å²) in [4.78, 5) is 27.0. The molecule has 2 heterocycles. The summed E-state index contributed by atoms with van der Waals surface area (Å²) in [5.74, 6) is -0.512. The van der Waals surface area contributed by atoms with E-state index in [1.54, 1.807) is 12.1 Å². The molecule has 2 aromatic carbocycles. The smallest absolute Gasteiger partial charge is 0.271 e. The summed E-state index contributed by atoms with van der Waals surface area (Å²) < 4.78 is 37.5. The van der Waals surface area contributed by atoms with Crippen LogP contribution in [0, 0.1) is 11.7 Å². The van der Waals surface area contributed by atoms with Crippen molar-refractivity contribution in [2.45, 2.75) is 17.7 Å². The van der Waals surface area contributed by atoms with Crippen LogP contribution in [0.4, 0.5) is 15.9 Å². The van der Waals surface area contributed by atoms with Crippen molar-refractivity contribution in [3.05, 3.63) is 76.8 Å². The third kappa shape index (κ3) is 5.26. The topological polar surface area (TPSA) is 127 Å². The Morgan fingerprint density at radius 1 is 1.12 bits per heavy atom. The number of halogens is 1. The van der Waals surface area contributed by atoms with Crippen LogP contribution in [0.3, 0.4) is 0 Å². The van der Waals surface area contributed by atoms with Gasteiger partial charge in [-0.25, -0.2) is 17.9 Å². The second kappa shape index (κ2) is 9.12. The van der Waals surface area contributed by atoms with E-state index in [4.69, 9.17) is 5.14 Å². The largest absolute Gasteiger partial charge is 0.354 e. The number of nitrogens with two attached hydrogens (primary N) is 1. The van der Waals surface area contributed by atoms with E-state index >= 15 is 0 Å². The lowest BCUT2D eigenvalue weighted by Crippen LogP contribution is -2.41. The van der Waals surface area contributed by atoms with Gasteiger partial charge >= 0.3 is 0 Å². The number of aromatic nitrogens is 2. The number of primary sulfonamides is 1. The fourth-order valence-electron chi connectivity index (χ4n) is 3.73. The Bertz CT molecular complexity index is 1340. The highest BCUT2D eigenvalue weighted by molar-refractivity contribution is 7.89. The first-order valence-electron chi connectivity index (χ1n) is 10.3. The minimum absolute atomic E-state index is 0.0381. The van der Waals surface area contributed by atoms with Crippen molar-refractivity contribution in [1.82, 2.24) is 9.78 Å². The number of benzene rings is 2. The van der Waals surface area contributed by atoms with E-state index in [-0.39, 0.29) is 16.7 Å². The van der Waals surface area contributed by atoms with Gasteiger partial charge in [-0.15, -0.1) is 5.10 Å². The van der Waals surface area contributed by atoms with Gasteiger partial charge in [0.25, 0.3) is 5.56 Å². The van der Waals surface area contributed by atoms with Crippen LogP contribution in [0.2, 0.25) is 0 Å². The van der Waals surface area contributed by atoms with Crippen molar-refractivity contribution < 1.29 is 17.6 Å². The lowest BCUT2D eigenvalue weighted by Gasteiger charge is -2.32. The van der Waals surface area contributed by atoms with E-state index in [9.17, 15) is 22.4 Å². The van der Waals surface area contributed by atoms with Crippen LogP contribution >= 0.6 is 0 Å². The molecular weight excluding hydrogens is 449 g/mol. The van der Waals surface area contributed by atoms with Gasteiger partial charge in [0.2, 0.25) is 15.9 Å². The molecule has 0 saturated carbocycles. The summed E-state index contributed by atoms with van der Waals surface area (Å²) in [6, 6.07) is 14.2. The third-order valence-corrected chi connectivity index (χ3v) is 6.33. The van der Waals surface area contributed by atoms with E-state index in [1.165, 1.54) is 48.5 Å². The second-order valence-corrected chi connectivity index (χ2v) is 9.33. The van der Waals surface area contributed by atoms with E-state index < -0.39 is 21.4 Å². The van der Waals surface area contributed by atoms with Gasteiger partial charge in [0.05, 0.1) is 16.5 Å². The molecule has 33 heavy (non-hydrogen) atoms. The van der Waals surface area contributed by atoms with E-state index in [0.717, 1.165) is 11.1 Å². The maximum Gasteiger partial charge on any atom is 0.271 e. The van der Waals surface area contributed by atoms with Gasteiger partial charge in [0, 0.05) is 24.8 Å². The average Bonchev–Trinajstić information content (AvgIpc) is 2.79. The molecule has 4 rings (SSSR count). The molecule has 11 heteroatoms. The van der Waals surface area contributed by atoms with Crippen LogP contribution in [0.1, 0.15) is 12.8 Å². The van der Waals surface area contributed by atoms with Crippen LogP contribution < -0.4 is 20.9 Å². The molecule has 1 aromatic heterocycles. The Morgan fingerprint density at radius 2 is 1.88 bits per heavy atom. The SMILES string of the molecule is NS(=O)(=O)c1ccc(NC(=O)C2CCCN(c3ccc(=O)n(-c4cccc(F)c4)n3)C2)cc1. The molecule has 0 bridgehead atoms. The van der Waals surface area contributed by atoms with Crippen LogP contribution in [0.5, 0.6) is 0 Å². The highest BCUT2D eigenvalue weighted by atomic mass is 32.2. The molecular formula is C22H22FN5O4S. The third-order valence-electron chi connectivity index (χ3n) is 5.41. The average molecular weight is 472 g/mol. The summed E-state index contributed by atoms with van der Waals surface area (Å²) in [5.41, 5.74) is 0.386. The maximum atomic E-state index is 13.6. The lowest BCUT2D eigenvalue weighted by atomic mass is 9.97. The number of carbonyl (C=O) groups is 1. The van der Waals surface area contributed by atoms with Gasteiger partial charge in [0.15, 0.2) is 0 Å².